The van der Waals surface area contributed by atoms with Crippen molar-refractivity contribution in [3.63, 3.8) is 0 Å². The Kier molecular flexibility index (Phi) is 6.47. The number of hydrogen-bond acceptors (Lipinski definition) is 1. The number of fused-ring (bicyclic) bond motifs is 7. The molecule has 0 aliphatic heterocycles. The Morgan fingerprint density at radius 1 is 0.556 bits per heavy atom. The zero-order valence-electron chi connectivity index (χ0n) is 30.4. The van der Waals surface area contributed by atoms with Crippen molar-refractivity contribution >= 4 is 58.9 Å². The molecule has 2 aromatic heterocycles. The summed E-state index contributed by atoms with van der Waals surface area (Å²) in [5.41, 5.74) is 14.5. The van der Waals surface area contributed by atoms with Crippen molar-refractivity contribution in [3.8, 4) is 27.9 Å². The van der Waals surface area contributed by atoms with Crippen LogP contribution in [0.5, 0.6) is 0 Å². The number of rotatable bonds is 5. The van der Waals surface area contributed by atoms with Crippen molar-refractivity contribution in [3.05, 3.63) is 169 Å². The summed E-state index contributed by atoms with van der Waals surface area (Å²) < 4.78 is 5.14. The lowest BCUT2D eigenvalue weighted by Gasteiger charge is -2.61. The molecule has 1 nitrogen and oxygen atoms in total. The normalized spacial score (nSPS) is 24.1. The van der Waals surface area contributed by atoms with Gasteiger partial charge in [0.2, 0.25) is 0 Å². The average Bonchev–Trinajstić information content (AvgIpc) is 3.85. The molecule has 54 heavy (non-hydrogen) atoms. The lowest BCUT2D eigenvalue weighted by molar-refractivity contribution is -0.0406. The second-order valence-electron chi connectivity index (χ2n) is 16.6. The van der Waals surface area contributed by atoms with E-state index >= 15 is 0 Å². The van der Waals surface area contributed by atoms with Crippen molar-refractivity contribution in [2.24, 2.45) is 23.7 Å². The fourth-order valence-electron chi connectivity index (χ4n) is 12.3. The lowest BCUT2D eigenvalue weighted by atomic mass is 9.42. The van der Waals surface area contributed by atoms with Crippen molar-refractivity contribution in [1.29, 1.82) is 0 Å². The molecule has 0 unspecified atom stereocenters. The Labute approximate surface area is 320 Å². The van der Waals surface area contributed by atoms with Crippen LogP contribution in [0.3, 0.4) is 0 Å². The largest absolute Gasteiger partial charge is 0.309 e. The Bertz CT molecular complexity index is 2920. The highest BCUT2D eigenvalue weighted by Crippen LogP contribution is 2.69. The fourth-order valence-corrected chi connectivity index (χ4v) is 13.6. The van der Waals surface area contributed by atoms with E-state index in [2.05, 4.69) is 157 Å². The molecular formula is C52H41NS. The predicted octanol–water partition coefficient (Wildman–Crippen LogP) is 14.3. The van der Waals surface area contributed by atoms with E-state index in [1.165, 1.54) is 119 Å². The smallest absolute Gasteiger partial charge is 0.0541 e. The first kappa shape index (κ1) is 31.0. The van der Waals surface area contributed by atoms with Gasteiger partial charge >= 0.3 is 0 Å². The first-order valence-electron chi connectivity index (χ1n) is 19.8. The summed E-state index contributed by atoms with van der Waals surface area (Å²) in [4.78, 5) is 0. The highest BCUT2D eigenvalue weighted by molar-refractivity contribution is 7.26. The summed E-state index contributed by atoms with van der Waals surface area (Å²) >= 11 is 1.89. The molecule has 0 amide bonds. The van der Waals surface area contributed by atoms with Crippen LogP contribution in [0.25, 0.3) is 75.5 Å². The number of para-hydroxylation sites is 1. The standard InChI is InChI=1S/C52H41NS/c1-3-39-44-29-33(19-21-47(44)52(46(39)4-2)36-24-31-23-32(26-36)27-37(52)25-31)34-20-22-49-45(30-34)41-13-5-7-17-48(41)53(49)38-12-9-11-35(28-38)40-15-10-16-43-42-14-6-8-18-50(42)54-51(40)43/h3-22,28-32,36-37H,1-2,23-27H2. The van der Waals surface area contributed by atoms with Crippen LogP contribution in [0.2, 0.25) is 0 Å². The Balaban J connectivity index is 0.991. The minimum absolute atomic E-state index is 0.112. The van der Waals surface area contributed by atoms with Gasteiger partial charge in [-0.3, -0.25) is 0 Å². The Morgan fingerprint density at radius 3 is 2.07 bits per heavy atom. The summed E-state index contributed by atoms with van der Waals surface area (Å²) in [6.07, 6.45) is 11.3. The van der Waals surface area contributed by atoms with Crippen LogP contribution >= 0.6 is 11.3 Å². The third-order valence-electron chi connectivity index (χ3n) is 14.2. The minimum atomic E-state index is 0.112. The van der Waals surface area contributed by atoms with Crippen molar-refractivity contribution in [1.82, 2.24) is 4.57 Å². The molecule has 260 valence electrons. The molecule has 8 aromatic rings. The monoisotopic (exact) mass is 711 g/mol. The summed E-state index contributed by atoms with van der Waals surface area (Å²) in [6.45, 7) is 8.83. The minimum Gasteiger partial charge on any atom is -0.309 e. The summed E-state index contributed by atoms with van der Waals surface area (Å²) in [7, 11) is 0. The molecule has 0 atom stereocenters. The van der Waals surface area contributed by atoms with Gasteiger partial charge in [-0.2, -0.15) is 0 Å². The van der Waals surface area contributed by atoms with Crippen LogP contribution < -0.4 is 0 Å². The van der Waals surface area contributed by atoms with Crippen LogP contribution in [0.1, 0.15) is 43.2 Å². The molecule has 2 heterocycles. The van der Waals surface area contributed by atoms with Gasteiger partial charge in [-0.1, -0.05) is 110 Å². The van der Waals surface area contributed by atoms with E-state index in [9.17, 15) is 0 Å². The van der Waals surface area contributed by atoms with Crippen LogP contribution in [0, 0.1) is 23.7 Å². The van der Waals surface area contributed by atoms with E-state index in [0.29, 0.717) is 0 Å². The lowest BCUT2D eigenvalue weighted by Crippen LogP contribution is -2.55. The maximum atomic E-state index is 4.44. The number of nitrogens with zero attached hydrogens (tertiary/aromatic N) is 1. The van der Waals surface area contributed by atoms with Crippen molar-refractivity contribution in [2.75, 3.05) is 0 Å². The van der Waals surface area contributed by atoms with Crippen molar-refractivity contribution in [2.45, 2.75) is 37.5 Å². The van der Waals surface area contributed by atoms with E-state index in [0.717, 1.165) is 23.7 Å². The summed E-state index contributed by atoms with van der Waals surface area (Å²) in [5, 5.41) is 5.23. The van der Waals surface area contributed by atoms with Gasteiger partial charge < -0.3 is 4.57 Å². The summed E-state index contributed by atoms with van der Waals surface area (Å²) in [5.74, 6) is 3.30. The molecule has 5 aliphatic carbocycles. The molecule has 2 heteroatoms. The second-order valence-corrected chi connectivity index (χ2v) is 17.6. The molecule has 13 rings (SSSR count). The molecule has 6 aromatic carbocycles. The first-order valence-corrected chi connectivity index (χ1v) is 20.6. The third kappa shape index (κ3) is 4.05. The van der Waals surface area contributed by atoms with E-state index in [4.69, 9.17) is 0 Å². The number of aromatic nitrogens is 1. The zero-order chi connectivity index (χ0) is 35.7. The van der Waals surface area contributed by atoms with Gasteiger partial charge in [0.1, 0.15) is 0 Å². The van der Waals surface area contributed by atoms with Gasteiger partial charge in [-0.25, -0.2) is 0 Å². The van der Waals surface area contributed by atoms with Crippen molar-refractivity contribution < 1.29 is 0 Å². The molecule has 1 spiro atoms. The van der Waals surface area contributed by atoms with Gasteiger partial charge in [0, 0.05) is 42.0 Å². The highest BCUT2D eigenvalue weighted by atomic mass is 32.1. The maximum Gasteiger partial charge on any atom is 0.0541 e. The van der Waals surface area contributed by atoms with Crippen LogP contribution in [-0.2, 0) is 5.41 Å². The number of thiophene rings is 1. The van der Waals surface area contributed by atoms with Crippen LogP contribution in [0.15, 0.2) is 158 Å². The topological polar surface area (TPSA) is 4.93 Å². The zero-order valence-corrected chi connectivity index (χ0v) is 31.2. The molecule has 4 fully saturated rings. The van der Waals surface area contributed by atoms with E-state index in [1.54, 1.807) is 5.56 Å². The number of allylic oxidation sites excluding steroid dienone is 4. The number of hydrogen-bond donors (Lipinski definition) is 0. The van der Waals surface area contributed by atoms with Crippen LogP contribution in [-0.4, -0.2) is 4.57 Å². The Hall–Kier alpha value is -5.44. The van der Waals surface area contributed by atoms with Gasteiger partial charge in [0.05, 0.1) is 11.0 Å². The molecule has 0 radical (unpaired) electrons. The maximum absolute atomic E-state index is 4.44. The quantitative estimate of drug-likeness (QED) is 0.167. The fraction of sp³-hybridized carbons (Fsp3) is 0.192. The van der Waals surface area contributed by atoms with Gasteiger partial charge in [0.15, 0.2) is 0 Å². The molecule has 0 saturated heterocycles. The third-order valence-corrected chi connectivity index (χ3v) is 15.4. The summed E-state index contributed by atoms with van der Waals surface area (Å²) in [6, 6.07) is 48.0. The molecule has 4 saturated carbocycles. The Morgan fingerprint density at radius 2 is 1.26 bits per heavy atom. The molecule has 0 N–H and O–H groups in total. The highest BCUT2D eigenvalue weighted by Gasteiger charge is 2.61. The van der Waals surface area contributed by atoms with Gasteiger partial charge in [-0.05, 0) is 143 Å². The first-order chi connectivity index (χ1) is 26.6. The van der Waals surface area contributed by atoms with E-state index in [1.807, 2.05) is 11.3 Å². The van der Waals surface area contributed by atoms with Gasteiger partial charge in [-0.15, -0.1) is 11.3 Å². The van der Waals surface area contributed by atoms with Crippen LogP contribution in [0.4, 0.5) is 0 Å². The van der Waals surface area contributed by atoms with E-state index < -0.39 is 0 Å². The molecule has 4 bridgehead atoms. The van der Waals surface area contributed by atoms with E-state index in [-0.39, 0.29) is 5.41 Å². The molecule has 5 aliphatic rings. The number of benzene rings is 6. The molecular weight excluding hydrogens is 671 g/mol. The SMILES string of the molecule is C=CC1=C(C=C)C2(c3ccc(-c4ccc5c(c4)c4ccccc4n5-c4cccc(-c5cccc6c5sc5ccccc56)c4)cc31)C1CC3CC(C1)CC2C3. The predicted molar refractivity (Wildman–Crippen MR) is 231 cm³/mol. The average molecular weight is 712 g/mol. The second kappa shape index (κ2) is 11.3. The van der Waals surface area contributed by atoms with Gasteiger partial charge in [0.25, 0.3) is 0 Å².